The van der Waals surface area contributed by atoms with Crippen LogP contribution in [0.2, 0.25) is 5.02 Å². The number of hydrogen-bond donors (Lipinski definition) is 1. The monoisotopic (exact) mass is 554 g/mol. The summed E-state index contributed by atoms with van der Waals surface area (Å²) in [6.45, 7) is 0.842. The lowest BCUT2D eigenvalue weighted by molar-refractivity contribution is -0.134. The summed E-state index contributed by atoms with van der Waals surface area (Å²) in [5.74, 6) is 0.134. The molecule has 1 aromatic heterocycles. The minimum atomic E-state index is -4.35. The summed E-state index contributed by atoms with van der Waals surface area (Å²) in [6.07, 6.45) is 1.54. The van der Waals surface area contributed by atoms with Crippen molar-refractivity contribution in [2.45, 2.75) is 29.8 Å². The number of halogens is 1. The maximum absolute atomic E-state index is 14.1. The molecule has 0 radical (unpaired) electrons. The SMILES string of the molecule is COc1ccc(S(=O)(=O)n2c(=O)n(C(C(=O)N3CCC[C@@H](N)C3)c3ccccc3)c3cc(Cl)ccc32)cc1. The van der Waals surface area contributed by atoms with Crippen molar-refractivity contribution in [2.75, 3.05) is 20.2 Å². The van der Waals surface area contributed by atoms with Crippen molar-refractivity contribution in [2.24, 2.45) is 5.73 Å². The Labute approximate surface area is 225 Å². The van der Waals surface area contributed by atoms with Gasteiger partial charge >= 0.3 is 5.69 Å². The zero-order chi connectivity index (χ0) is 27.0. The van der Waals surface area contributed by atoms with Crippen LogP contribution in [0.15, 0.2) is 82.5 Å². The van der Waals surface area contributed by atoms with Gasteiger partial charge in [-0.3, -0.25) is 9.36 Å². The first kappa shape index (κ1) is 26.0. The predicted molar refractivity (Wildman–Crippen MR) is 145 cm³/mol. The molecule has 11 heteroatoms. The molecule has 1 fully saturated rings. The standard InChI is InChI=1S/C27H27ClN4O5S/c1-37-21-10-12-22(13-11-21)38(35,36)32-23-14-9-19(28)16-24(23)31(27(32)34)25(18-6-3-2-4-7-18)26(33)30-15-5-8-20(29)17-30/h2-4,6-7,9-14,16,20,25H,5,8,15,17,29H2,1H3/t20-,25?/m1/s1. The van der Waals surface area contributed by atoms with Crippen LogP contribution in [0, 0.1) is 0 Å². The number of piperidine rings is 1. The van der Waals surface area contributed by atoms with Gasteiger partial charge in [-0.05, 0) is 60.9 Å². The van der Waals surface area contributed by atoms with Gasteiger partial charge in [0.1, 0.15) is 11.8 Å². The van der Waals surface area contributed by atoms with Crippen LogP contribution in [0.1, 0.15) is 24.4 Å². The number of nitrogens with two attached hydrogens (primary N) is 1. The maximum Gasteiger partial charge on any atom is 0.344 e. The van der Waals surface area contributed by atoms with Crippen molar-refractivity contribution in [1.29, 1.82) is 0 Å². The Bertz CT molecular complexity index is 1650. The van der Waals surface area contributed by atoms with Gasteiger partial charge in [0.05, 0.1) is 23.0 Å². The number of amides is 1. The largest absolute Gasteiger partial charge is 0.497 e. The highest BCUT2D eigenvalue weighted by molar-refractivity contribution is 7.90. The number of likely N-dealkylation sites (tertiary alicyclic amines) is 1. The molecule has 4 aromatic rings. The normalized spacial score (nSPS) is 16.9. The Balaban J connectivity index is 1.76. The average molecular weight is 555 g/mol. The molecule has 1 aliphatic heterocycles. The number of imidazole rings is 1. The molecule has 1 amide bonds. The molecule has 0 saturated carbocycles. The van der Waals surface area contributed by atoms with E-state index in [0.29, 0.717) is 29.4 Å². The van der Waals surface area contributed by atoms with Crippen molar-refractivity contribution < 1.29 is 17.9 Å². The second-order valence-corrected chi connectivity index (χ2v) is 11.5. The van der Waals surface area contributed by atoms with Gasteiger partial charge in [-0.2, -0.15) is 3.97 Å². The van der Waals surface area contributed by atoms with E-state index < -0.39 is 21.8 Å². The molecule has 9 nitrogen and oxygen atoms in total. The van der Waals surface area contributed by atoms with Crippen LogP contribution >= 0.6 is 11.6 Å². The second-order valence-electron chi connectivity index (χ2n) is 9.23. The van der Waals surface area contributed by atoms with Gasteiger partial charge in [0.2, 0.25) is 0 Å². The molecule has 3 aromatic carbocycles. The van der Waals surface area contributed by atoms with Crippen LogP contribution < -0.4 is 16.2 Å². The zero-order valence-corrected chi connectivity index (χ0v) is 22.2. The Hall–Kier alpha value is -3.60. The summed E-state index contributed by atoms with van der Waals surface area (Å²) >= 11 is 6.32. The fraction of sp³-hybridized carbons (Fsp3) is 0.259. The summed E-state index contributed by atoms with van der Waals surface area (Å²) in [5, 5.41) is 0.296. The number of benzene rings is 3. The van der Waals surface area contributed by atoms with Crippen LogP contribution in [0.5, 0.6) is 5.75 Å². The van der Waals surface area contributed by atoms with E-state index in [1.165, 1.54) is 54.1 Å². The molecule has 0 aliphatic carbocycles. The van der Waals surface area contributed by atoms with E-state index in [1.54, 1.807) is 35.2 Å². The quantitative estimate of drug-likeness (QED) is 0.391. The van der Waals surface area contributed by atoms with Gasteiger partial charge in [0, 0.05) is 24.2 Å². The van der Waals surface area contributed by atoms with E-state index in [-0.39, 0.29) is 27.9 Å². The van der Waals surface area contributed by atoms with Crippen LogP contribution in [0.4, 0.5) is 0 Å². The van der Waals surface area contributed by atoms with Crippen LogP contribution in [0.25, 0.3) is 11.0 Å². The van der Waals surface area contributed by atoms with Crippen molar-refractivity contribution in [3.63, 3.8) is 0 Å². The summed E-state index contributed by atoms with van der Waals surface area (Å²) in [7, 11) is -2.87. The van der Waals surface area contributed by atoms with Gasteiger partial charge < -0.3 is 15.4 Å². The number of fused-ring (bicyclic) bond motifs is 1. The molecule has 198 valence electrons. The van der Waals surface area contributed by atoms with Gasteiger partial charge in [0.25, 0.3) is 15.9 Å². The number of aromatic nitrogens is 2. The fourth-order valence-electron chi connectivity index (χ4n) is 4.92. The molecule has 2 atom stereocenters. The lowest BCUT2D eigenvalue weighted by Gasteiger charge is -2.34. The lowest BCUT2D eigenvalue weighted by atomic mass is 10.0. The number of nitrogens with zero attached hydrogens (tertiary/aromatic N) is 3. The summed E-state index contributed by atoms with van der Waals surface area (Å²) in [6, 6.07) is 17.8. The predicted octanol–water partition coefficient (Wildman–Crippen LogP) is 3.24. The first-order valence-electron chi connectivity index (χ1n) is 12.1. The minimum absolute atomic E-state index is 0.0982. The molecule has 0 bridgehead atoms. The number of methoxy groups -OCH3 is 1. The molecular weight excluding hydrogens is 528 g/mol. The summed E-state index contributed by atoms with van der Waals surface area (Å²) < 4.78 is 34.7. The van der Waals surface area contributed by atoms with E-state index in [2.05, 4.69) is 0 Å². The molecule has 2 heterocycles. The highest BCUT2D eigenvalue weighted by Crippen LogP contribution is 2.30. The Morgan fingerprint density at radius 1 is 1.05 bits per heavy atom. The summed E-state index contributed by atoms with van der Waals surface area (Å²) in [5.41, 5.74) is 6.16. The van der Waals surface area contributed by atoms with E-state index >= 15 is 0 Å². The topological polar surface area (TPSA) is 117 Å². The average Bonchev–Trinajstić information content (AvgIpc) is 3.21. The molecule has 1 saturated heterocycles. The van der Waals surface area contributed by atoms with Gasteiger partial charge in [0.15, 0.2) is 0 Å². The number of ether oxygens (including phenoxy) is 1. The Morgan fingerprint density at radius 2 is 1.76 bits per heavy atom. The van der Waals surface area contributed by atoms with Crippen molar-refractivity contribution in [1.82, 2.24) is 13.4 Å². The summed E-state index contributed by atoms with van der Waals surface area (Å²) in [4.78, 5) is 29.7. The number of rotatable bonds is 6. The maximum atomic E-state index is 14.1. The van der Waals surface area contributed by atoms with E-state index in [0.717, 1.165) is 16.8 Å². The smallest absolute Gasteiger partial charge is 0.344 e. The highest BCUT2D eigenvalue weighted by atomic mass is 35.5. The number of hydrogen-bond acceptors (Lipinski definition) is 6. The number of carbonyl (C=O) groups is 1. The zero-order valence-electron chi connectivity index (χ0n) is 20.7. The van der Waals surface area contributed by atoms with Gasteiger partial charge in [-0.15, -0.1) is 0 Å². The van der Waals surface area contributed by atoms with Crippen molar-refractivity contribution >= 4 is 38.6 Å². The molecule has 1 unspecified atom stereocenters. The first-order chi connectivity index (χ1) is 18.2. The molecule has 2 N–H and O–H groups in total. The third kappa shape index (κ3) is 4.59. The molecule has 5 rings (SSSR count). The molecule has 38 heavy (non-hydrogen) atoms. The molecule has 0 spiro atoms. The second kappa shape index (κ2) is 10.3. The van der Waals surface area contributed by atoms with Gasteiger partial charge in [-0.1, -0.05) is 41.9 Å². The van der Waals surface area contributed by atoms with E-state index in [4.69, 9.17) is 22.1 Å². The molecular formula is C27H27ClN4O5S. The minimum Gasteiger partial charge on any atom is -0.497 e. The van der Waals surface area contributed by atoms with Crippen LogP contribution in [-0.2, 0) is 14.8 Å². The first-order valence-corrected chi connectivity index (χ1v) is 14.0. The Kier molecular flexibility index (Phi) is 7.04. The van der Waals surface area contributed by atoms with E-state index in [1.807, 2.05) is 0 Å². The third-order valence-electron chi connectivity index (χ3n) is 6.77. The van der Waals surface area contributed by atoms with Crippen molar-refractivity contribution in [3.05, 3.63) is 93.9 Å². The molecule has 1 aliphatic rings. The van der Waals surface area contributed by atoms with Crippen LogP contribution in [-0.4, -0.2) is 54.0 Å². The Morgan fingerprint density at radius 3 is 2.42 bits per heavy atom. The third-order valence-corrected chi connectivity index (χ3v) is 8.71. The lowest BCUT2D eigenvalue weighted by Crippen LogP contribution is -2.49. The fourth-order valence-corrected chi connectivity index (χ4v) is 6.48. The van der Waals surface area contributed by atoms with E-state index in [9.17, 15) is 18.0 Å². The number of carbonyl (C=O) groups excluding carboxylic acids is 1. The van der Waals surface area contributed by atoms with Crippen LogP contribution in [0.3, 0.4) is 0 Å². The highest BCUT2D eigenvalue weighted by Gasteiger charge is 2.35. The van der Waals surface area contributed by atoms with Gasteiger partial charge in [-0.25, -0.2) is 13.2 Å². The van der Waals surface area contributed by atoms with Crippen molar-refractivity contribution in [3.8, 4) is 5.75 Å².